The van der Waals surface area contributed by atoms with Gasteiger partial charge < -0.3 is 0 Å². The van der Waals surface area contributed by atoms with Gasteiger partial charge in [-0.3, -0.25) is 0 Å². The molecule has 0 saturated carbocycles. The number of rotatable bonds is 6. The third kappa shape index (κ3) is 4.97. The lowest BCUT2D eigenvalue weighted by atomic mass is 10.1. The lowest BCUT2D eigenvalue weighted by Gasteiger charge is -2.09. The maximum absolute atomic E-state index is 6.40. The normalized spacial score (nSPS) is 12.3. The lowest BCUT2D eigenvalue weighted by molar-refractivity contribution is 1.13. The molecule has 0 fully saturated rings. The maximum Gasteiger partial charge on any atom is 0.0851 e. The zero-order chi connectivity index (χ0) is 21.7. The van der Waals surface area contributed by atoms with Gasteiger partial charge in [-0.25, -0.2) is 15.0 Å². The second-order valence-electron chi connectivity index (χ2n) is 7.00. The second kappa shape index (κ2) is 10.0. The average Bonchev–Trinajstić information content (AvgIpc) is 2.76. The van der Waals surface area contributed by atoms with Crippen LogP contribution < -0.4 is 0 Å². The number of hydrogen-bond acceptors (Lipinski definition) is 3. The first-order valence-corrected chi connectivity index (χ1v) is 10.8. The smallest absolute Gasteiger partial charge is 0.0851 e. The van der Waals surface area contributed by atoms with E-state index in [1.807, 2.05) is 68.4 Å². The van der Waals surface area contributed by atoms with Gasteiger partial charge in [0.1, 0.15) is 0 Å². The Balaban J connectivity index is 1.99. The molecule has 0 spiro atoms. The molecule has 0 atom stereocenters. The fraction of sp³-hybridized carbons (Fsp3) is 0.240. The van der Waals surface area contributed by atoms with Gasteiger partial charge in [0.15, 0.2) is 0 Å². The van der Waals surface area contributed by atoms with Crippen LogP contribution in [0.2, 0.25) is 10.0 Å². The van der Waals surface area contributed by atoms with E-state index in [-0.39, 0.29) is 0 Å². The van der Waals surface area contributed by atoms with Crippen LogP contribution >= 0.6 is 23.2 Å². The molecule has 0 radical (unpaired) electrons. The maximum atomic E-state index is 6.40. The van der Waals surface area contributed by atoms with Crippen molar-refractivity contribution in [1.82, 2.24) is 4.98 Å². The fourth-order valence-corrected chi connectivity index (χ4v) is 3.70. The van der Waals surface area contributed by atoms with Crippen LogP contribution in [0.5, 0.6) is 0 Å². The summed E-state index contributed by atoms with van der Waals surface area (Å²) in [4.78, 5) is 14.4. The number of pyridine rings is 1. The molecule has 0 aliphatic rings. The Hall–Kier alpha value is -2.49. The first kappa shape index (κ1) is 22.2. The monoisotopic (exact) mass is 437 g/mol. The van der Waals surface area contributed by atoms with Crippen LogP contribution in [-0.2, 0) is 12.8 Å². The van der Waals surface area contributed by atoms with Crippen LogP contribution in [0.3, 0.4) is 0 Å². The van der Waals surface area contributed by atoms with E-state index in [0.29, 0.717) is 10.0 Å². The quantitative estimate of drug-likeness (QED) is 0.362. The molecule has 0 unspecified atom stereocenters. The van der Waals surface area contributed by atoms with Gasteiger partial charge in [-0.05, 0) is 62.1 Å². The van der Waals surface area contributed by atoms with Crippen molar-refractivity contribution in [3.63, 3.8) is 0 Å². The Morgan fingerprint density at radius 3 is 1.50 bits per heavy atom. The minimum absolute atomic E-state index is 0.647. The Kier molecular flexibility index (Phi) is 7.41. The van der Waals surface area contributed by atoms with Gasteiger partial charge in [0.05, 0.1) is 44.2 Å². The Labute approximate surface area is 188 Å². The number of nitrogens with zero attached hydrogens (tertiary/aromatic N) is 3. The first-order valence-electron chi connectivity index (χ1n) is 10.1. The number of benzene rings is 2. The van der Waals surface area contributed by atoms with E-state index in [4.69, 9.17) is 38.2 Å². The highest BCUT2D eigenvalue weighted by Gasteiger charge is 2.10. The molecule has 3 aromatic rings. The molecular formula is C25H25Cl2N3. The molecule has 30 heavy (non-hydrogen) atoms. The molecule has 2 aromatic carbocycles. The summed E-state index contributed by atoms with van der Waals surface area (Å²) < 4.78 is 0. The largest absolute Gasteiger partial charge is 0.250 e. The summed E-state index contributed by atoms with van der Waals surface area (Å²) in [5.41, 5.74) is 7.03. The van der Waals surface area contributed by atoms with Crippen LogP contribution in [0.15, 0.2) is 64.6 Å². The van der Waals surface area contributed by atoms with E-state index < -0.39 is 0 Å². The summed E-state index contributed by atoms with van der Waals surface area (Å²) in [5.74, 6) is 0. The van der Waals surface area contributed by atoms with Crippen molar-refractivity contribution in [3.05, 3.63) is 87.2 Å². The molecule has 5 heteroatoms. The van der Waals surface area contributed by atoms with E-state index in [0.717, 1.165) is 58.2 Å². The molecule has 154 valence electrons. The zero-order valence-corrected chi connectivity index (χ0v) is 19.2. The molecular weight excluding hydrogens is 413 g/mol. The van der Waals surface area contributed by atoms with Crippen molar-refractivity contribution < 1.29 is 0 Å². The van der Waals surface area contributed by atoms with Crippen molar-refractivity contribution in [2.24, 2.45) is 9.98 Å². The minimum Gasteiger partial charge on any atom is -0.250 e. The molecule has 0 aliphatic carbocycles. The highest BCUT2D eigenvalue weighted by molar-refractivity contribution is 6.33. The summed E-state index contributed by atoms with van der Waals surface area (Å²) in [6, 6.07) is 17.6. The molecule has 0 bridgehead atoms. The highest BCUT2D eigenvalue weighted by Crippen LogP contribution is 2.31. The molecule has 1 heterocycles. The van der Waals surface area contributed by atoms with Crippen molar-refractivity contribution >= 4 is 46.0 Å². The second-order valence-corrected chi connectivity index (χ2v) is 7.82. The molecule has 0 N–H and O–H groups in total. The topological polar surface area (TPSA) is 37.6 Å². The number of hydrogen-bond donors (Lipinski definition) is 0. The molecule has 1 aromatic heterocycles. The number of aromatic nitrogens is 1. The lowest BCUT2D eigenvalue weighted by Crippen LogP contribution is -2.05. The van der Waals surface area contributed by atoms with Gasteiger partial charge in [0.2, 0.25) is 0 Å². The summed E-state index contributed by atoms with van der Waals surface area (Å²) in [6.07, 6.45) is 1.73. The molecule has 0 amide bonds. The van der Waals surface area contributed by atoms with Crippen molar-refractivity contribution in [2.75, 3.05) is 0 Å². The summed E-state index contributed by atoms with van der Waals surface area (Å²) in [7, 11) is 0. The van der Waals surface area contributed by atoms with Crippen LogP contribution in [0.25, 0.3) is 0 Å². The predicted molar refractivity (Wildman–Crippen MR) is 130 cm³/mol. The van der Waals surface area contributed by atoms with Crippen LogP contribution in [0.4, 0.5) is 11.4 Å². The van der Waals surface area contributed by atoms with Crippen molar-refractivity contribution in [1.29, 1.82) is 0 Å². The average molecular weight is 438 g/mol. The third-order valence-electron chi connectivity index (χ3n) is 4.95. The van der Waals surface area contributed by atoms with Gasteiger partial charge >= 0.3 is 0 Å². The number of aliphatic imine (C=N–C) groups is 2. The number of halogens is 2. The Bertz CT molecular complexity index is 1030. The van der Waals surface area contributed by atoms with Crippen molar-refractivity contribution in [3.8, 4) is 0 Å². The summed E-state index contributed by atoms with van der Waals surface area (Å²) in [5, 5.41) is 1.29. The van der Waals surface area contributed by atoms with E-state index in [1.165, 1.54) is 0 Å². The van der Waals surface area contributed by atoms with Gasteiger partial charge in [-0.2, -0.15) is 0 Å². The molecule has 0 saturated heterocycles. The molecule has 3 nitrogen and oxygen atoms in total. The minimum atomic E-state index is 0.647. The fourth-order valence-electron chi connectivity index (χ4n) is 3.23. The summed E-state index contributed by atoms with van der Waals surface area (Å²) in [6.45, 7) is 8.09. The van der Waals surface area contributed by atoms with Crippen LogP contribution in [0.1, 0.15) is 50.2 Å². The standard InChI is InChI=1S/C25H25Cl2N3/c1-5-18-10-7-12-20(26)24(18)28-16(3)22-14-9-15-23(30-22)17(4)29-25-19(6-2)11-8-13-21(25)27/h7-15H,5-6H2,1-4H3. The van der Waals surface area contributed by atoms with E-state index in [9.17, 15) is 0 Å². The molecule has 3 rings (SSSR count). The number of aryl methyl sites for hydroxylation is 2. The Morgan fingerprint density at radius 2 is 1.10 bits per heavy atom. The van der Waals surface area contributed by atoms with E-state index >= 15 is 0 Å². The van der Waals surface area contributed by atoms with Gasteiger partial charge in [-0.15, -0.1) is 0 Å². The highest BCUT2D eigenvalue weighted by atomic mass is 35.5. The van der Waals surface area contributed by atoms with Crippen LogP contribution in [0, 0.1) is 0 Å². The van der Waals surface area contributed by atoms with Crippen molar-refractivity contribution in [2.45, 2.75) is 40.5 Å². The Morgan fingerprint density at radius 1 is 0.700 bits per heavy atom. The van der Waals surface area contributed by atoms with Gasteiger partial charge in [-0.1, -0.05) is 67.4 Å². The van der Waals surface area contributed by atoms with Crippen LogP contribution in [-0.4, -0.2) is 16.4 Å². The zero-order valence-electron chi connectivity index (χ0n) is 17.7. The summed E-state index contributed by atoms with van der Waals surface area (Å²) >= 11 is 12.8. The molecule has 0 aliphatic heterocycles. The van der Waals surface area contributed by atoms with Gasteiger partial charge in [0, 0.05) is 0 Å². The SMILES string of the molecule is CCc1cccc(Cl)c1N=C(C)c1cccc(C(C)=Nc2c(Cl)cccc2CC)n1. The van der Waals surface area contributed by atoms with Gasteiger partial charge in [0.25, 0.3) is 0 Å². The van der Waals surface area contributed by atoms with E-state index in [1.54, 1.807) is 0 Å². The third-order valence-corrected chi connectivity index (χ3v) is 5.56. The predicted octanol–water partition coefficient (Wildman–Crippen LogP) is 7.79. The number of para-hydroxylation sites is 2. The van der Waals surface area contributed by atoms with E-state index in [2.05, 4.69) is 13.8 Å². The first-order chi connectivity index (χ1) is 14.4.